The van der Waals surface area contributed by atoms with E-state index in [1.165, 1.54) is 347 Å². The van der Waals surface area contributed by atoms with Crippen LogP contribution in [0.25, 0.3) is 0 Å². The lowest BCUT2D eigenvalue weighted by atomic mass is 10.0. The fraction of sp³-hybridized carbons (Fsp3) is 0.897. The van der Waals surface area contributed by atoms with Gasteiger partial charge in [-0.2, -0.15) is 0 Å². The predicted octanol–water partition coefficient (Wildman–Crippen LogP) is 25.0. The molecule has 0 aromatic rings. The van der Waals surface area contributed by atoms with Crippen LogP contribution in [0, 0.1) is 0 Å². The Morgan fingerprint density at radius 1 is 0.333 bits per heavy atom. The molecular formula is C78H149NO5. The van der Waals surface area contributed by atoms with Crippen molar-refractivity contribution in [1.82, 2.24) is 5.32 Å². The molecule has 84 heavy (non-hydrogen) atoms. The zero-order chi connectivity index (χ0) is 60.6. The minimum atomic E-state index is -0.843. The van der Waals surface area contributed by atoms with E-state index in [9.17, 15) is 19.8 Å². The summed E-state index contributed by atoms with van der Waals surface area (Å²) in [6.07, 6.45) is 95.4. The highest BCUT2D eigenvalue weighted by molar-refractivity contribution is 5.76. The van der Waals surface area contributed by atoms with Gasteiger partial charge in [0.1, 0.15) is 0 Å². The van der Waals surface area contributed by atoms with E-state index >= 15 is 0 Å². The summed E-state index contributed by atoms with van der Waals surface area (Å²) in [5, 5.41) is 23.3. The Balaban J connectivity index is 3.36. The normalized spacial score (nSPS) is 12.7. The monoisotopic (exact) mass is 1180 g/mol. The second-order valence-electron chi connectivity index (χ2n) is 26.3. The van der Waals surface area contributed by atoms with Crippen molar-refractivity contribution in [2.75, 3.05) is 13.2 Å². The Hall–Kier alpha value is -1.92. The summed E-state index contributed by atoms with van der Waals surface area (Å²) in [6.45, 7) is 4.90. The van der Waals surface area contributed by atoms with E-state index < -0.39 is 12.1 Å². The molecule has 0 spiro atoms. The van der Waals surface area contributed by atoms with Crippen molar-refractivity contribution in [1.29, 1.82) is 0 Å². The molecule has 0 aliphatic carbocycles. The summed E-state index contributed by atoms with van der Waals surface area (Å²) in [5.41, 5.74) is 0. The topological polar surface area (TPSA) is 95.9 Å². The van der Waals surface area contributed by atoms with Crippen molar-refractivity contribution in [3.63, 3.8) is 0 Å². The van der Waals surface area contributed by atoms with Gasteiger partial charge < -0.3 is 20.3 Å². The first-order chi connectivity index (χ1) is 41.5. The highest BCUT2D eigenvalue weighted by Crippen LogP contribution is 2.20. The average Bonchev–Trinajstić information content (AvgIpc) is 3.51. The second kappa shape index (κ2) is 73.5. The first-order valence-electron chi connectivity index (χ1n) is 38.3. The Morgan fingerprint density at radius 3 is 0.940 bits per heavy atom. The fourth-order valence-corrected chi connectivity index (χ4v) is 12.1. The van der Waals surface area contributed by atoms with Crippen LogP contribution < -0.4 is 5.32 Å². The maximum absolute atomic E-state index is 12.5. The molecule has 2 unspecified atom stereocenters. The minimum absolute atomic E-state index is 0.00626. The summed E-state index contributed by atoms with van der Waals surface area (Å²) in [6, 6.07) is -0.626. The van der Waals surface area contributed by atoms with Gasteiger partial charge >= 0.3 is 5.97 Å². The van der Waals surface area contributed by atoms with Gasteiger partial charge in [0.25, 0.3) is 0 Å². The molecule has 3 N–H and O–H groups in total. The Bertz CT molecular complexity index is 1360. The molecule has 0 aliphatic rings. The Morgan fingerprint density at radius 2 is 0.607 bits per heavy atom. The number of unbranched alkanes of at least 4 members (excludes halogenated alkanes) is 57. The number of aliphatic hydroxyl groups excluding tert-OH is 2. The molecule has 0 saturated carbocycles. The largest absolute Gasteiger partial charge is 0.466 e. The Labute approximate surface area is 525 Å². The van der Waals surface area contributed by atoms with Gasteiger partial charge in [0.15, 0.2) is 0 Å². The average molecular weight is 1180 g/mol. The van der Waals surface area contributed by atoms with Crippen LogP contribution in [0.5, 0.6) is 0 Å². The van der Waals surface area contributed by atoms with Crippen molar-refractivity contribution in [2.45, 2.75) is 437 Å². The molecular weight excluding hydrogens is 1030 g/mol. The van der Waals surface area contributed by atoms with Crippen molar-refractivity contribution in [3.8, 4) is 0 Å². The molecule has 0 saturated heterocycles. The van der Waals surface area contributed by atoms with Gasteiger partial charge in [-0.1, -0.05) is 391 Å². The Kier molecular flexibility index (Phi) is 71.9. The first-order valence-corrected chi connectivity index (χ1v) is 38.3. The molecule has 0 aromatic heterocycles. The molecule has 2 atom stereocenters. The molecule has 6 heteroatoms. The van der Waals surface area contributed by atoms with Crippen LogP contribution in [0.4, 0.5) is 0 Å². The number of aliphatic hydroxyl groups is 2. The summed E-state index contributed by atoms with van der Waals surface area (Å²) in [5.74, 6) is -0.0531. The molecule has 0 fully saturated rings. The van der Waals surface area contributed by atoms with Gasteiger partial charge in [0.2, 0.25) is 5.91 Å². The summed E-state index contributed by atoms with van der Waals surface area (Å²) < 4.78 is 5.49. The molecule has 0 aromatic carbocycles. The highest BCUT2D eigenvalue weighted by Gasteiger charge is 2.18. The smallest absolute Gasteiger partial charge is 0.305 e. The van der Waals surface area contributed by atoms with E-state index in [2.05, 4.69) is 43.5 Å². The summed E-state index contributed by atoms with van der Waals surface area (Å²) in [7, 11) is 0. The van der Waals surface area contributed by atoms with Crippen LogP contribution in [0.3, 0.4) is 0 Å². The van der Waals surface area contributed by atoms with Gasteiger partial charge in [-0.3, -0.25) is 9.59 Å². The summed E-state index contributed by atoms with van der Waals surface area (Å²) in [4.78, 5) is 24.6. The van der Waals surface area contributed by atoms with E-state index in [1.54, 1.807) is 6.08 Å². The number of esters is 1. The van der Waals surface area contributed by atoms with Gasteiger partial charge in [-0.05, 0) is 57.8 Å². The maximum atomic E-state index is 12.5. The number of ether oxygens (including phenoxy) is 1. The number of carbonyl (C=O) groups is 2. The lowest BCUT2D eigenvalue weighted by Crippen LogP contribution is -2.45. The lowest BCUT2D eigenvalue weighted by Gasteiger charge is -2.20. The SMILES string of the molecule is CCCC/C=C\C/C=C\CCCCCCCC(=O)OCCCCCCCCCCCCCCCCCCCCCCCCCCCCCCCCCC(=O)NC(CO)C(O)/C=C/CCCCCCCCCCCCCCCCCCCCCC. The van der Waals surface area contributed by atoms with Crippen LogP contribution in [-0.2, 0) is 14.3 Å². The number of rotatable bonds is 72. The minimum Gasteiger partial charge on any atom is -0.466 e. The fourth-order valence-electron chi connectivity index (χ4n) is 12.1. The zero-order valence-electron chi connectivity index (χ0n) is 56.9. The first kappa shape index (κ1) is 82.1. The van der Waals surface area contributed by atoms with Crippen LogP contribution in [-0.4, -0.2) is 47.4 Å². The van der Waals surface area contributed by atoms with Crippen LogP contribution in [0.2, 0.25) is 0 Å². The van der Waals surface area contributed by atoms with E-state index in [0.717, 1.165) is 51.4 Å². The molecule has 496 valence electrons. The number of amides is 1. The standard InChI is InChI=1S/C78H149NO5/c1-3-5-7-9-11-13-15-17-19-20-21-22-34-37-40-43-46-50-54-58-62-66-70-76(81)75(74-80)79-77(82)71-67-63-59-55-51-47-44-41-38-35-32-30-28-26-24-23-25-27-29-31-33-36-39-42-45-49-53-57-61-65-69-73-84-78(83)72-68-64-60-56-52-48-18-16-14-12-10-8-6-4-2/h10,12,16,18,66,70,75-76,80-81H,3-9,11,13-15,17,19-65,67-69,71-74H2,1-2H3,(H,79,82)/b12-10-,18-16-,70-66+. The molecule has 0 radical (unpaired) electrons. The van der Waals surface area contributed by atoms with E-state index in [-0.39, 0.29) is 18.5 Å². The summed E-state index contributed by atoms with van der Waals surface area (Å²) >= 11 is 0. The number of carbonyl (C=O) groups excluding carboxylic acids is 2. The number of hydrogen-bond donors (Lipinski definition) is 3. The maximum Gasteiger partial charge on any atom is 0.305 e. The van der Waals surface area contributed by atoms with Crippen LogP contribution in [0.15, 0.2) is 36.5 Å². The predicted molar refractivity (Wildman–Crippen MR) is 370 cm³/mol. The molecule has 0 aliphatic heterocycles. The van der Waals surface area contributed by atoms with Crippen molar-refractivity contribution in [2.24, 2.45) is 0 Å². The quantitative estimate of drug-likeness (QED) is 0.0320. The third-order valence-electron chi connectivity index (χ3n) is 17.9. The highest BCUT2D eigenvalue weighted by atomic mass is 16.5. The van der Waals surface area contributed by atoms with Crippen molar-refractivity contribution in [3.05, 3.63) is 36.5 Å². The van der Waals surface area contributed by atoms with Crippen LogP contribution >= 0.6 is 0 Å². The zero-order valence-corrected chi connectivity index (χ0v) is 56.9. The third kappa shape index (κ3) is 69.2. The number of hydrogen-bond acceptors (Lipinski definition) is 5. The molecule has 6 nitrogen and oxygen atoms in total. The number of allylic oxidation sites excluding steroid dienone is 5. The van der Waals surface area contributed by atoms with Crippen molar-refractivity contribution >= 4 is 11.9 Å². The lowest BCUT2D eigenvalue weighted by molar-refractivity contribution is -0.143. The van der Waals surface area contributed by atoms with Gasteiger partial charge in [0.05, 0.1) is 25.4 Å². The van der Waals surface area contributed by atoms with Crippen LogP contribution in [0.1, 0.15) is 425 Å². The van der Waals surface area contributed by atoms with Gasteiger partial charge in [-0.25, -0.2) is 0 Å². The second-order valence-corrected chi connectivity index (χ2v) is 26.3. The number of nitrogens with one attached hydrogen (secondary N) is 1. The third-order valence-corrected chi connectivity index (χ3v) is 17.9. The molecule has 0 heterocycles. The molecule has 1 amide bonds. The van der Waals surface area contributed by atoms with E-state index in [1.807, 2.05) is 6.08 Å². The van der Waals surface area contributed by atoms with Gasteiger partial charge in [0, 0.05) is 12.8 Å². The van der Waals surface area contributed by atoms with E-state index in [4.69, 9.17) is 4.74 Å². The molecule has 0 rings (SSSR count). The van der Waals surface area contributed by atoms with Gasteiger partial charge in [-0.15, -0.1) is 0 Å². The molecule has 0 bridgehead atoms. The van der Waals surface area contributed by atoms with E-state index in [0.29, 0.717) is 19.4 Å². The van der Waals surface area contributed by atoms with Crippen molar-refractivity contribution < 1.29 is 24.5 Å².